The van der Waals surface area contributed by atoms with E-state index in [0.717, 1.165) is 17.7 Å². The second-order valence-corrected chi connectivity index (χ2v) is 7.35. The van der Waals surface area contributed by atoms with Crippen LogP contribution in [0.25, 0.3) is 17.0 Å². The van der Waals surface area contributed by atoms with Gasteiger partial charge in [-0.1, -0.05) is 30.3 Å². The van der Waals surface area contributed by atoms with E-state index in [9.17, 15) is 9.59 Å². The molecule has 1 fully saturated rings. The average Bonchev–Trinajstić information content (AvgIpc) is 3.30. The Morgan fingerprint density at radius 2 is 1.90 bits per heavy atom. The van der Waals surface area contributed by atoms with Gasteiger partial charge in [0.25, 0.3) is 5.91 Å². The maximum Gasteiger partial charge on any atom is 0.324 e. The van der Waals surface area contributed by atoms with Crippen molar-refractivity contribution in [3.8, 4) is 0 Å². The van der Waals surface area contributed by atoms with Gasteiger partial charge in [-0.3, -0.25) is 14.9 Å². The van der Waals surface area contributed by atoms with Crippen LogP contribution in [0.3, 0.4) is 0 Å². The molecule has 1 saturated heterocycles. The van der Waals surface area contributed by atoms with Gasteiger partial charge in [0.1, 0.15) is 0 Å². The van der Waals surface area contributed by atoms with Gasteiger partial charge in [0, 0.05) is 55.5 Å². The highest BCUT2D eigenvalue weighted by molar-refractivity contribution is 5.94. The molecule has 0 radical (unpaired) electrons. The predicted molar refractivity (Wildman–Crippen MR) is 116 cm³/mol. The lowest BCUT2D eigenvalue weighted by molar-refractivity contribution is -0.124. The molecule has 3 aromatic rings. The Kier molecular flexibility index (Phi) is 5.54. The van der Waals surface area contributed by atoms with E-state index in [1.807, 2.05) is 48.3 Å². The summed E-state index contributed by atoms with van der Waals surface area (Å²) in [5.41, 5.74) is 5.64. The van der Waals surface area contributed by atoms with Crippen molar-refractivity contribution in [3.63, 3.8) is 0 Å². The first kappa shape index (κ1) is 19.7. The number of carbonyl (C=O) groups is 2. The number of hydrogen-bond donors (Lipinski definition) is 2. The minimum atomic E-state index is -0.587. The maximum atomic E-state index is 12.9. The minimum Gasteiger partial charge on any atom is -0.350 e. The smallest absolute Gasteiger partial charge is 0.324 e. The number of nitrogens with zero attached hydrogens (tertiary/aromatic N) is 3. The van der Waals surface area contributed by atoms with Crippen molar-refractivity contribution < 1.29 is 14.8 Å². The number of fused-ring (bicyclic) bond motifs is 1. The maximum absolute atomic E-state index is 12.9. The van der Waals surface area contributed by atoms with Crippen LogP contribution in [0.5, 0.6) is 0 Å². The third-order valence-electron chi connectivity index (χ3n) is 5.47. The van der Waals surface area contributed by atoms with E-state index in [1.54, 1.807) is 16.5 Å². The molecule has 7 nitrogen and oxygen atoms in total. The van der Waals surface area contributed by atoms with Crippen LogP contribution in [-0.2, 0) is 18.3 Å². The standard InChI is InChI=1S/C23H24N4O3/c1-25-16-18(20-4-2-3-5-21(20)25)12-13-26-14-15-27(23(26)29)19-9-6-17(7-10-19)8-11-22(28)24-30/h2-11,16,30H,12-15H2,1H3,(H,24,28)/b11-8+. The molecule has 7 heteroatoms. The molecule has 30 heavy (non-hydrogen) atoms. The van der Waals surface area contributed by atoms with Crippen molar-refractivity contribution in [2.24, 2.45) is 7.05 Å². The SMILES string of the molecule is Cn1cc(CCN2CCN(c3ccc(/C=C/C(=O)NO)cc3)C2=O)c2ccccc21. The molecule has 0 aliphatic carbocycles. The summed E-state index contributed by atoms with van der Waals surface area (Å²) in [6, 6.07) is 15.7. The number of urea groups is 1. The molecule has 1 aromatic heterocycles. The van der Waals surface area contributed by atoms with E-state index in [4.69, 9.17) is 5.21 Å². The number of hydroxylamine groups is 1. The van der Waals surface area contributed by atoms with E-state index >= 15 is 0 Å². The second kappa shape index (κ2) is 8.42. The van der Waals surface area contributed by atoms with Crippen molar-refractivity contribution >= 4 is 34.6 Å². The third-order valence-corrected chi connectivity index (χ3v) is 5.47. The van der Waals surface area contributed by atoms with Gasteiger partial charge in [0.2, 0.25) is 0 Å². The van der Waals surface area contributed by atoms with Crippen LogP contribution in [0.4, 0.5) is 10.5 Å². The van der Waals surface area contributed by atoms with Crippen molar-refractivity contribution in [1.29, 1.82) is 0 Å². The lowest BCUT2D eigenvalue weighted by Gasteiger charge is -2.18. The van der Waals surface area contributed by atoms with Gasteiger partial charge in [-0.25, -0.2) is 10.3 Å². The Hall–Kier alpha value is -3.58. The Balaban J connectivity index is 1.40. The van der Waals surface area contributed by atoms with Crippen LogP contribution < -0.4 is 10.4 Å². The highest BCUT2D eigenvalue weighted by Gasteiger charge is 2.29. The van der Waals surface area contributed by atoms with Crippen LogP contribution in [0.15, 0.2) is 60.8 Å². The lowest BCUT2D eigenvalue weighted by Crippen LogP contribution is -2.33. The summed E-state index contributed by atoms with van der Waals surface area (Å²) in [7, 11) is 2.05. The van der Waals surface area contributed by atoms with Gasteiger partial charge in [-0.2, -0.15) is 0 Å². The van der Waals surface area contributed by atoms with Gasteiger partial charge in [-0.05, 0) is 41.8 Å². The Bertz CT molecular complexity index is 1100. The molecule has 0 bridgehead atoms. The van der Waals surface area contributed by atoms with Crippen LogP contribution in [0.1, 0.15) is 11.1 Å². The molecular formula is C23H24N4O3. The largest absolute Gasteiger partial charge is 0.350 e. The minimum absolute atomic E-state index is 0.0122. The molecule has 4 rings (SSSR count). The van der Waals surface area contributed by atoms with Crippen LogP contribution in [0.2, 0.25) is 0 Å². The molecule has 1 aliphatic heterocycles. The molecule has 0 atom stereocenters. The van der Waals surface area contributed by atoms with Crippen LogP contribution in [-0.4, -0.2) is 46.2 Å². The quantitative estimate of drug-likeness (QED) is 0.376. The van der Waals surface area contributed by atoms with Gasteiger partial charge in [0.05, 0.1) is 0 Å². The molecule has 0 saturated carbocycles. The van der Waals surface area contributed by atoms with E-state index in [-0.39, 0.29) is 6.03 Å². The van der Waals surface area contributed by atoms with E-state index in [0.29, 0.717) is 19.6 Å². The number of hydrogen-bond acceptors (Lipinski definition) is 3. The fourth-order valence-corrected chi connectivity index (χ4v) is 3.88. The summed E-state index contributed by atoms with van der Waals surface area (Å²) < 4.78 is 2.13. The molecular weight excluding hydrogens is 380 g/mol. The molecule has 1 aliphatic rings. The van der Waals surface area contributed by atoms with Crippen molar-refractivity contribution in [2.75, 3.05) is 24.5 Å². The number of aromatic nitrogens is 1. The predicted octanol–water partition coefficient (Wildman–Crippen LogP) is 3.18. The Morgan fingerprint density at radius 3 is 2.67 bits per heavy atom. The van der Waals surface area contributed by atoms with Gasteiger partial charge < -0.3 is 9.47 Å². The van der Waals surface area contributed by atoms with Gasteiger partial charge >= 0.3 is 6.03 Å². The number of aryl methyl sites for hydroxylation is 1. The van der Waals surface area contributed by atoms with Crippen molar-refractivity contribution in [3.05, 3.63) is 71.9 Å². The summed E-state index contributed by atoms with van der Waals surface area (Å²) in [5.74, 6) is -0.587. The first-order valence-electron chi connectivity index (χ1n) is 9.88. The summed E-state index contributed by atoms with van der Waals surface area (Å²) in [4.78, 5) is 27.6. The van der Waals surface area contributed by atoms with Gasteiger partial charge in [0.15, 0.2) is 0 Å². The number of rotatable bonds is 6. The zero-order chi connectivity index (χ0) is 21.1. The molecule has 3 amide bonds. The van der Waals surface area contributed by atoms with Crippen molar-refractivity contribution in [2.45, 2.75) is 6.42 Å². The normalized spacial score (nSPS) is 14.3. The number of nitrogens with one attached hydrogen (secondary N) is 1. The molecule has 2 N–H and O–H groups in total. The second-order valence-electron chi connectivity index (χ2n) is 7.35. The zero-order valence-electron chi connectivity index (χ0n) is 16.8. The fourth-order valence-electron chi connectivity index (χ4n) is 3.88. The topological polar surface area (TPSA) is 77.8 Å². The number of carbonyl (C=O) groups excluding carboxylic acids is 2. The number of amides is 3. The highest BCUT2D eigenvalue weighted by Crippen LogP contribution is 2.24. The highest BCUT2D eigenvalue weighted by atomic mass is 16.5. The first-order valence-corrected chi connectivity index (χ1v) is 9.88. The molecule has 2 heterocycles. The summed E-state index contributed by atoms with van der Waals surface area (Å²) in [6.45, 7) is 2.03. The summed E-state index contributed by atoms with van der Waals surface area (Å²) in [6.07, 6.45) is 5.80. The first-order chi connectivity index (χ1) is 14.6. The van der Waals surface area contributed by atoms with Crippen LogP contribution in [0, 0.1) is 0 Å². The Labute approximate surface area is 174 Å². The molecule has 0 spiro atoms. The van der Waals surface area contributed by atoms with Crippen molar-refractivity contribution in [1.82, 2.24) is 14.9 Å². The molecule has 0 unspecified atom stereocenters. The fraction of sp³-hybridized carbons (Fsp3) is 0.217. The Morgan fingerprint density at radius 1 is 1.13 bits per heavy atom. The summed E-state index contributed by atoms with van der Waals surface area (Å²) >= 11 is 0. The van der Waals surface area contributed by atoms with E-state index in [1.165, 1.54) is 22.5 Å². The number of anilines is 1. The van der Waals surface area contributed by atoms with E-state index in [2.05, 4.69) is 22.9 Å². The zero-order valence-corrected chi connectivity index (χ0v) is 16.8. The average molecular weight is 404 g/mol. The summed E-state index contributed by atoms with van der Waals surface area (Å²) in [5, 5.41) is 9.76. The number of benzene rings is 2. The van der Waals surface area contributed by atoms with E-state index < -0.39 is 5.91 Å². The number of para-hydroxylation sites is 1. The monoisotopic (exact) mass is 404 g/mol. The van der Waals surface area contributed by atoms with Gasteiger partial charge in [-0.15, -0.1) is 0 Å². The van der Waals surface area contributed by atoms with Crippen LogP contribution >= 0.6 is 0 Å². The third kappa shape index (κ3) is 3.92. The lowest BCUT2D eigenvalue weighted by atomic mass is 10.1. The molecule has 154 valence electrons. The molecule has 2 aromatic carbocycles.